The van der Waals surface area contributed by atoms with Gasteiger partial charge in [0.05, 0.1) is 27.8 Å². The molecule has 6 nitrogen and oxygen atoms in total. The molecular formula is C21H19ClN2O4S. The second kappa shape index (κ2) is 8.98. The maximum absolute atomic E-state index is 12.5. The Morgan fingerprint density at radius 3 is 2.41 bits per heavy atom. The molecule has 0 unspecified atom stereocenters. The zero-order valence-electron chi connectivity index (χ0n) is 15.6. The summed E-state index contributed by atoms with van der Waals surface area (Å²) in [6, 6.07) is 19.3. The maximum atomic E-state index is 12.5. The van der Waals surface area contributed by atoms with Crippen molar-refractivity contribution in [2.45, 2.75) is 11.8 Å². The predicted molar refractivity (Wildman–Crippen MR) is 114 cm³/mol. The summed E-state index contributed by atoms with van der Waals surface area (Å²) in [6.45, 7) is 2.39. The van der Waals surface area contributed by atoms with Gasteiger partial charge < -0.3 is 10.1 Å². The zero-order chi connectivity index (χ0) is 20.9. The third-order valence-corrected chi connectivity index (χ3v) is 5.63. The van der Waals surface area contributed by atoms with Crippen molar-refractivity contribution in [1.82, 2.24) is 0 Å². The molecule has 3 rings (SSSR count). The molecule has 0 heterocycles. The number of carbonyl (C=O) groups is 1. The molecule has 0 aliphatic heterocycles. The summed E-state index contributed by atoms with van der Waals surface area (Å²) in [6.07, 6.45) is 0. The van der Waals surface area contributed by atoms with E-state index >= 15 is 0 Å². The molecular weight excluding hydrogens is 412 g/mol. The van der Waals surface area contributed by atoms with E-state index in [1.165, 1.54) is 30.3 Å². The number of ether oxygens (including phenoxy) is 1. The van der Waals surface area contributed by atoms with Crippen molar-refractivity contribution in [2.24, 2.45) is 0 Å². The molecule has 0 saturated heterocycles. The lowest BCUT2D eigenvalue weighted by molar-refractivity contribution is 0.102. The van der Waals surface area contributed by atoms with Gasteiger partial charge in [0, 0.05) is 11.8 Å². The third-order valence-electron chi connectivity index (χ3n) is 3.92. The first-order chi connectivity index (χ1) is 13.9. The van der Waals surface area contributed by atoms with E-state index in [1.54, 1.807) is 42.5 Å². The number of rotatable bonds is 7. The van der Waals surface area contributed by atoms with Crippen molar-refractivity contribution in [1.29, 1.82) is 0 Å². The number of amides is 1. The number of carbonyl (C=O) groups excluding carboxylic acids is 1. The van der Waals surface area contributed by atoms with E-state index in [2.05, 4.69) is 10.0 Å². The standard InChI is InChI=1S/C21H19ClN2O4S/c1-2-28-17-8-6-7-15(13-17)23-21(25)19-12-11-16(14-20(19)22)24-29(26,27)18-9-4-3-5-10-18/h3-14,24H,2H2,1H3,(H,23,25). The van der Waals surface area contributed by atoms with Gasteiger partial charge in [0.15, 0.2) is 0 Å². The Kier molecular flexibility index (Phi) is 6.41. The maximum Gasteiger partial charge on any atom is 0.261 e. The molecule has 8 heteroatoms. The number of halogens is 1. The first-order valence-electron chi connectivity index (χ1n) is 8.80. The van der Waals surface area contributed by atoms with Gasteiger partial charge in [0.25, 0.3) is 15.9 Å². The van der Waals surface area contributed by atoms with E-state index < -0.39 is 15.9 Å². The number of anilines is 2. The van der Waals surface area contributed by atoms with Crippen LogP contribution < -0.4 is 14.8 Å². The van der Waals surface area contributed by atoms with Crippen molar-refractivity contribution < 1.29 is 17.9 Å². The summed E-state index contributed by atoms with van der Waals surface area (Å²) in [5.74, 6) is 0.225. The van der Waals surface area contributed by atoms with Gasteiger partial charge >= 0.3 is 0 Å². The monoisotopic (exact) mass is 430 g/mol. The molecule has 2 N–H and O–H groups in total. The normalized spacial score (nSPS) is 11.0. The van der Waals surface area contributed by atoms with Gasteiger partial charge in [0.2, 0.25) is 0 Å². The molecule has 0 aromatic heterocycles. The fourth-order valence-corrected chi connectivity index (χ4v) is 3.94. The molecule has 0 saturated carbocycles. The number of benzene rings is 3. The fourth-order valence-electron chi connectivity index (χ4n) is 2.61. The van der Waals surface area contributed by atoms with Gasteiger partial charge in [-0.3, -0.25) is 9.52 Å². The number of nitrogens with one attached hydrogen (secondary N) is 2. The average molecular weight is 431 g/mol. The molecule has 0 radical (unpaired) electrons. The van der Waals surface area contributed by atoms with Crippen molar-refractivity contribution in [3.05, 3.63) is 83.4 Å². The van der Waals surface area contributed by atoms with E-state index in [9.17, 15) is 13.2 Å². The molecule has 0 fully saturated rings. The van der Waals surface area contributed by atoms with E-state index in [1.807, 2.05) is 6.92 Å². The Balaban J connectivity index is 1.75. The van der Waals surface area contributed by atoms with Gasteiger partial charge in [0.1, 0.15) is 5.75 Å². The van der Waals surface area contributed by atoms with Crippen LogP contribution in [0.25, 0.3) is 0 Å². The second-order valence-corrected chi connectivity index (χ2v) is 8.12. The van der Waals surface area contributed by atoms with Crippen LogP contribution in [0.2, 0.25) is 5.02 Å². The average Bonchev–Trinajstić information content (AvgIpc) is 2.69. The van der Waals surface area contributed by atoms with E-state index in [0.717, 1.165) is 0 Å². The minimum atomic E-state index is -3.75. The van der Waals surface area contributed by atoms with E-state index in [0.29, 0.717) is 18.0 Å². The van der Waals surface area contributed by atoms with Crippen molar-refractivity contribution in [3.8, 4) is 5.75 Å². The topological polar surface area (TPSA) is 84.5 Å². The highest BCUT2D eigenvalue weighted by Crippen LogP contribution is 2.25. The highest BCUT2D eigenvalue weighted by molar-refractivity contribution is 7.92. The number of hydrogen-bond donors (Lipinski definition) is 2. The van der Waals surface area contributed by atoms with Gasteiger partial charge in [-0.1, -0.05) is 35.9 Å². The van der Waals surface area contributed by atoms with Gasteiger partial charge in [-0.05, 0) is 49.4 Å². The van der Waals surface area contributed by atoms with Crippen molar-refractivity contribution in [3.63, 3.8) is 0 Å². The van der Waals surface area contributed by atoms with Crippen LogP contribution in [0.5, 0.6) is 5.75 Å². The van der Waals surface area contributed by atoms with Gasteiger partial charge in [-0.15, -0.1) is 0 Å². The lowest BCUT2D eigenvalue weighted by Gasteiger charge is -2.11. The smallest absolute Gasteiger partial charge is 0.261 e. The van der Waals surface area contributed by atoms with Crippen molar-refractivity contribution in [2.75, 3.05) is 16.6 Å². The second-order valence-electron chi connectivity index (χ2n) is 6.03. The molecule has 3 aromatic rings. The summed E-state index contributed by atoms with van der Waals surface area (Å²) < 4.78 is 32.7. The first-order valence-corrected chi connectivity index (χ1v) is 10.7. The Hall–Kier alpha value is -3.03. The molecule has 150 valence electrons. The van der Waals surface area contributed by atoms with Crippen LogP contribution in [0.15, 0.2) is 77.7 Å². The third kappa shape index (κ3) is 5.28. The van der Waals surface area contributed by atoms with Gasteiger partial charge in [-0.25, -0.2) is 8.42 Å². The van der Waals surface area contributed by atoms with Crippen LogP contribution in [-0.2, 0) is 10.0 Å². The van der Waals surface area contributed by atoms with Crippen LogP contribution >= 0.6 is 11.6 Å². The molecule has 0 aliphatic carbocycles. The zero-order valence-corrected chi connectivity index (χ0v) is 17.1. The molecule has 29 heavy (non-hydrogen) atoms. The van der Waals surface area contributed by atoms with Crippen LogP contribution in [-0.4, -0.2) is 20.9 Å². The van der Waals surface area contributed by atoms with Crippen LogP contribution in [0.1, 0.15) is 17.3 Å². The summed E-state index contributed by atoms with van der Waals surface area (Å²) in [5.41, 5.74) is 1.04. The van der Waals surface area contributed by atoms with Crippen LogP contribution in [0.4, 0.5) is 11.4 Å². The van der Waals surface area contributed by atoms with E-state index in [-0.39, 0.29) is 21.2 Å². The SMILES string of the molecule is CCOc1cccc(NC(=O)c2ccc(NS(=O)(=O)c3ccccc3)cc2Cl)c1. The fraction of sp³-hybridized carbons (Fsp3) is 0.0952. The Bertz CT molecular complexity index is 1120. The van der Waals surface area contributed by atoms with E-state index in [4.69, 9.17) is 16.3 Å². The number of hydrogen-bond acceptors (Lipinski definition) is 4. The quantitative estimate of drug-likeness (QED) is 0.564. The molecule has 0 spiro atoms. The lowest BCUT2D eigenvalue weighted by Crippen LogP contribution is -2.15. The minimum Gasteiger partial charge on any atom is -0.494 e. The lowest BCUT2D eigenvalue weighted by atomic mass is 10.2. The Morgan fingerprint density at radius 2 is 1.72 bits per heavy atom. The molecule has 0 aliphatic rings. The molecule has 0 atom stereocenters. The Labute approximate surface area is 174 Å². The minimum absolute atomic E-state index is 0.122. The summed E-state index contributed by atoms with van der Waals surface area (Å²) in [4.78, 5) is 12.7. The summed E-state index contributed by atoms with van der Waals surface area (Å²) in [5, 5.41) is 2.87. The first kappa shape index (κ1) is 20.7. The largest absolute Gasteiger partial charge is 0.494 e. The predicted octanol–water partition coefficient (Wildman–Crippen LogP) is 4.79. The van der Waals surface area contributed by atoms with Crippen molar-refractivity contribution >= 4 is 38.9 Å². The molecule has 1 amide bonds. The Morgan fingerprint density at radius 1 is 0.966 bits per heavy atom. The van der Waals surface area contributed by atoms with Crippen LogP contribution in [0, 0.1) is 0 Å². The molecule has 3 aromatic carbocycles. The molecule has 0 bridgehead atoms. The summed E-state index contributed by atoms with van der Waals surface area (Å²) >= 11 is 6.23. The highest BCUT2D eigenvalue weighted by atomic mass is 35.5. The summed E-state index contributed by atoms with van der Waals surface area (Å²) in [7, 11) is -3.75. The van der Waals surface area contributed by atoms with Crippen LogP contribution in [0.3, 0.4) is 0 Å². The highest BCUT2D eigenvalue weighted by Gasteiger charge is 2.16. The number of sulfonamides is 1. The van der Waals surface area contributed by atoms with Gasteiger partial charge in [-0.2, -0.15) is 0 Å².